The lowest BCUT2D eigenvalue weighted by molar-refractivity contribution is 0.102. The highest BCUT2D eigenvalue weighted by Gasteiger charge is 2.09. The minimum absolute atomic E-state index is 0.248. The number of hydrogen-bond acceptors (Lipinski definition) is 4. The second-order valence-electron chi connectivity index (χ2n) is 6.30. The topological polar surface area (TPSA) is 85.3 Å². The minimum atomic E-state index is -0.573. The molecule has 2 amide bonds. The smallest absolute Gasteiger partial charge is 0.411 e. The molecule has 1 heterocycles. The van der Waals surface area contributed by atoms with E-state index in [0.29, 0.717) is 16.9 Å². The number of nitrogens with zero attached hydrogens (tertiary/aromatic N) is 2. The van der Waals surface area contributed by atoms with Crippen molar-refractivity contribution in [1.82, 2.24) is 9.55 Å². The Morgan fingerprint density at radius 1 is 0.897 bits per heavy atom. The van der Waals surface area contributed by atoms with Crippen molar-refractivity contribution in [2.24, 2.45) is 0 Å². The summed E-state index contributed by atoms with van der Waals surface area (Å²) >= 11 is 0. The van der Waals surface area contributed by atoms with Crippen molar-refractivity contribution in [3.63, 3.8) is 0 Å². The van der Waals surface area contributed by atoms with E-state index in [1.807, 2.05) is 41.0 Å². The molecule has 0 fully saturated rings. The summed E-state index contributed by atoms with van der Waals surface area (Å²) in [4.78, 5) is 28.3. The van der Waals surface area contributed by atoms with Crippen molar-refractivity contribution in [2.75, 3.05) is 17.7 Å². The Bertz CT molecular complexity index is 1180. The Kier molecular flexibility index (Phi) is 4.94. The highest BCUT2D eigenvalue weighted by atomic mass is 16.5. The number of benzene rings is 3. The molecule has 4 rings (SSSR count). The first-order valence-corrected chi connectivity index (χ1v) is 8.93. The zero-order valence-corrected chi connectivity index (χ0v) is 15.6. The van der Waals surface area contributed by atoms with Crippen LogP contribution in [0.15, 0.2) is 79.1 Å². The number of nitrogens with one attached hydrogen (secondary N) is 2. The van der Waals surface area contributed by atoms with Gasteiger partial charge in [0.1, 0.15) is 6.33 Å². The van der Waals surface area contributed by atoms with E-state index in [1.54, 1.807) is 42.7 Å². The molecule has 0 aliphatic heterocycles. The fourth-order valence-corrected chi connectivity index (χ4v) is 2.99. The highest BCUT2D eigenvalue weighted by molar-refractivity contribution is 6.04. The van der Waals surface area contributed by atoms with Gasteiger partial charge in [0.15, 0.2) is 0 Å². The maximum atomic E-state index is 12.6. The van der Waals surface area contributed by atoms with Crippen LogP contribution < -0.4 is 10.6 Å². The predicted octanol–water partition coefficient (Wildman–Crippen LogP) is 4.46. The van der Waals surface area contributed by atoms with E-state index in [4.69, 9.17) is 0 Å². The van der Waals surface area contributed by atoms with Crippen molar-refractivity contribution >= 4 is 34.4 Å². The number of para-hydroxylation sites is 2. The number of amides is 2. The van der Waals surface area contributed by atoms with Gasteiger partial charge in [-0.1, -0.05) is 18.2 Å². The normalized spacial score (nSPS) is 10.5. The Morgan fingerprint density at radius 3 is 2.38 bits per heavy atom. The number of hydrogen-bond donors (Lipinski definition) is 2. The minimum Gasteiger partial charge on any atom is -0.453 e. The van der Waals surface area contributed by atoms with Gasteiger partial charge in [-0.05, 0) is 54.6 Å². The zero-order valence-electron chi connectivity index (χ0n) is 15.6. The summed E-state index contributed by atoms with van der Waals surface area (Å²) in [7, 11) is 1.29. The summed E-state index contributed by atoms with van der Waals surface area (Å²) < 4.78 is 6.54. The van der Waals surface area contributed by atoms with Crippen LogP contribution in [0.25, 0.3) is 16.7 Å². The first kappa shape index (κ1) is 18.2. The average Bonchev–Trinajstić information content (AvgIpc) is 3.18. The highest BCUT2D eigenvalue weighted by Crippen LogP contribution is 2.20. The summed E-state index contributed by atoms with van der Waals surface area (Å²) in [5.74, 6) is -0.248. The van der Waals surface area contributed by atoms with Gasteiger partial charge in [-0.3, -0.25) is 14.7 Å². The van der Waals surface area contributed by atoms with E-state index in [9.17, 15) is 9.59 Å². The van der Waals surface area contributed by atoms with Crippen molar-refractivity contribution in [2.45, 2.75) is 0 Å². The molecule has 4 aromatic rings. The predicted molar refractivity (Wildman–Crippen MR) is 111 cm³/mol. The standard InChI is InChI=1S/C22H18N4O3/c1-29-22(28)25-17-6-4-5-16(13-17)24-21(27)15-9-11-18(12-10-15)26-14-23-19-7-2-3-8-20(19)26/h2-14H,1H3,(H,24,27)(H,25,28). The maximum Gasteiger partial charge on any atom is 0.411 e. The number of fused-ring (bicyclic) bond motifs is 1. The number of ether oxygens (including phenoxy) is 1. The largest absolute Gasteiger partial charge is 0.453 e. The van der Waals surface area contributed by atoms with E-state index >= 15 is 0 Å². The van der Waals surface area contributed by atoms with Crippen LogP contribution in [-0.4, -0.2) is 28.7 Å². The van der Waals surface area contributed by atoms with Crippen LogP contribution in [0.5, 0.6) is 0 Å². The lowest BCUT2D eigenvalue weighted by Gasteiger charge is -2.09. The number of imidazole rings is 1. The molecular weight excluding hydrogens is 368 g/mol. The fourth-order valence-electron chi connectivity index (χ4n) is 2.99. The summed E-state index contributed by atoms with van der Waals surface area (Å²) in [6.07, 6.45) is 1.19. The van der Waals surface area contributed by atoms with E-state index in [1.165, 1.54) is 7.11 Å². The van der Waals surface area contributed by atoms with Gasteiger partial charge in [0.2, 0.25) is 0 Å². The van der Waals surface area contributed by atoms with Crippen LogP contribution >= 0.6 is 0 Å². The molecule has 2 N–H and O–H groups in total. The molecule has 0 radical (unpaired) electrons. The molecule has 0 unspecified atom stereocenters. The Labute approximate surface area is 166 Å². The first-order valence-electron chi connectivity index (χ1n) is 8.93. The summed E-state index contributed by atoms with van der Waals surface area (Å²) in [6.45, 7) is 0. The van der Waals surface area contributed by atoms with Gasteiger partial charge < -0.3 is 10.1 Å². The summed E-state index contributed by atoms with van der Waals surface area (Å²) in [5.41, 5.74) is 4.43. The zero-order chi connectivity index (χ0) is 20.2. The molecule has 0 atom stereocenters. The van der Waals surface area contributed by atoms with E-state index in [2.05, 4.69) is 20.4 Å². The third-order valence-electron chi connectivity index (χ3n) is 4.41. The molecular formula is C22H18N4O3. The molecule has 3 aromatic carbocycles. The molecule has 29 heavy (non-hydrogen) atoms. The number of methoxy groups -OCH3 is 1. The number of carbonyl (C=O) groups is 2. The molecule has 1 aromatic heterocycles. The molecule has 0 bridgehead atoms. The van der Waals surface area contributed by atoms with Crippen LogP contribution in [0.3, 0.4) is 0 Å². The number of carbonyl (C=O) groups excluding carboxylic acids is 2. The molecule has 144 valence electrons. The van der Waals surface area contributed by atoms with Crippen LogP contribution in [-0.2, 0) is 4.74 Å². The van der Waals surface area contributed by atoms with Gasteiger partial charge in [0.05, 0.1) is 18.1 Å². The SMILES string of the molecule is COC(=O)Nc1cccc(NC(=O)c2ccc(-n3cnc4ccccc43)cc2)c1. The van der Waals surface area contributed by atoms with Gasteiger partial charge >= 0.3 is 6.09 Å². The monoisotopic (exact) mass is 386 g/mol. The third-order valence-corrected chi connectivity index (χ3v) is 4.41. The number of aromatic nitrogens is 2. The maximum absolute atomic E-state index is 12.6. The van der Waals surface area contributed by atoms with Gasteiger partial charge in [-0.25, -0.2) is 9.78 Å². The third kappa shape index (κ3) is 3.93. The molecule has 0 spiro atoms. The van der Waals surface area contributed by atoms with Crippen LogP contribution in [0.4, 0.5) is 16.2 Å². The van der Waals surface area contributed by atoms with Crippen LogP contribution in [0.1, 0.15) is 10.4 Å². The quantitative estimate of drug-likeness (QED) is 0.542. The second-order valence-corrected chi connectivity index (χ2v) is 6.30. The second kappa shape index (κ2) is 7.85. The summed E-state index contributed by atoms with van der Waals surface area (Å²) in [6, 6.07) is 22.0. The number of anilines is 2. The van der Waals surface area contributed by atoms with Crippen molar-refractivity contribution in [1.29, 1.82) is 0 Å². The average molecular weight is 386 g/mol. The molecule has 0 aliphatic rings. The first-order chi connectivity index (χ1) is 14.1. The fraction of sp³-hybridized carbons (Fsp3) is 0.0455. The van der Waals surface area contributed by atoms with Gasteiger partial charge in [-0.15, -0.1) is 0 Å². The van der Waals surface area contributed by atoms with Crippen LogP contribution in [0.2, 0.25) is 0 Å². The lowest BCUT2D eigenvalue weighted by Crippen LogP contribution is -2.13. The molecule has 0 saturated heterocycles. The molecule has 7 nitrogen and oxygen atoms in total. The summed E-state index contributed by atoms with van der Waals surface area (Å²) in [5, 5.41) is 5.39. The van der Waals surface area contributed by atoms with Gasteiger partial charge in [-0.2, -0.15) is 0 Å². The Hall–Kier alpha value is -4.13. The van der Waals surface area contributed by atoms with Crippen LogP contribution in [0, 0.1) is 0 Å². The van der Waals surface area contributed by atoms with Crippen molar-refractivity contribution < 1.29 is 14.3 Å². The molecule has 0 aliphatic carbocycles. The van der Waals surface area contributed by atoms with Crippen molar-refractivity contribution in [3.05, 3.63) is 84.7 Å². The Morgan fingerprint density at radius 2 is 1.62 bits per heavy atom. The lowest BCUT2D eigenvalue weighted by atomic mass is 10.1. The Balaban J connectivity index is 1.50. The number of rotatable bonds is 4. The van der Waals surface area contributed by atoms with E-state index in [0.717, 1.165) is 16.7 Å². The van der Waals surface area contributed by atoms with Crippen molar-refractivity contribution in [3.8, 4) is 5.69 Å². The van der Waals surface area contributed by atoms with Gasteiger partial charge in [0.25, 0.3) is 5.91 Å². The van der Waals surface area contributed by atoms with E-state index < -0.39 is 6.09 Å². The molecule has 7 heteroatoms. The molecule has 0 saturated carbocycles. The van der Waals surface area contributed by atoms with Gasteiger partial charge in [0, 0.05) is 22.6 Å². The van der Waals surface area contributed by atoms with E-state index in [-0.39, 0.29) is 5.91 Å².